The summed E-state index contributed by atoms with van der Waals surface area (Å²) in [5.41, 5.74) is 0.644. The number of hydrogen-bond donors (Lipinski definition) is 2. The molecule has 1 heterocycles. The first-order chi connectivity index (χ1) is 9.09. The maximum Gasteiger partial charge on any atom is 0.305 e. The molecule has 2 N–H and O–H groups in total. The van der Waals surface area contributed by atoms with Crippen LogP contribution in [0.2, 0.25) is 0 Å². The molecule has 0 bridgehead atoms. The van der Waals surface area contributed by atoms with Crippen molar-refractivity contribution in [2.45, 2.75) is 25.4 Å². The molecule has 1 aliphatic rings. The average molecular weight is 262 g/mol. The van der Waals surface area contributed by atoms with Crippen molar-refractivity contribution in [3.05, 3.63) is 35.9 Å². The molecule has 5 heteroatoms. The van der Waals surface area contributed by atoms with Crippen LogP contribution in [0.25, 0.3) is 0 Å². The Kier molecular flexibility index (Phi) is 4.16. The molecule has 2 rings (SSSR count). The molecular weight excluding hydrogens is 244 g/mol. The van der Waals surface area contributed by atoms with Gasteiger partial charge in [0.2, 0.25) is 0 Å². The Bertz CT molecular complexity index is 461. The van der Waals surface area contributed by atoms with E-state index >= 15 is 0 Å². The summed E-state index contributed by atoms with van der Waals surface area (Å²) in [6.45, 7) is 3.12. The van der Waals surface area contributed by atoms with E-state index in [1.807, 2.05) is 25.1 Å². The summed E-state index contributed by atoms with van der Waals surface area (Å²) in [5, 5.41) is 12.0. The van der Waals surface area contributed by atoms with Crippen LogP contribution >= 0.6 is 0 Å². The predicted octanol–water partition coefficient (Wildman–Crippen LogP) is 0.964. The normalized spacial score (nSPS) is 23.1. The third-order valence-electron chi connectivity index (χ3n) is 3.51. The Balaban J connectivity index is 2.11. The zero-order valence-corrected chi connectivity index (χ0v) is 10.9. The minimum absolute atomic E-state index is 0.0275. The molecule has 0 saturated carbocycles. The summed E-state index contributed by atoms with van der Waals surface area (Å²) in [6, 6.07) is 8.76. The van der Waals surface area contributed by atoms with E-state index in [-0.39, 0.29) is 24.4 Å². The molecule has 1 aromatic rings. The average Bonchev–Trinajstić information content (AvgIpc) is 2.41. The van der Waals surface area contributed by atoms with Gasteiger partial charge in [0, 0.05) is 30.7 Å². The summed E-state index contributed by atoms with van der Waals surface area (Å²) in [6.07, 6.45) is 0.0275. The number of nitrogens with one attached hydrogen (secondary N) is 1. The topological polar surface area (TPSA) is 69.6 Å². The minimum Gasteiger partial charge on any atom is -0.481 e. The zero-order chi connectivity index (χ0) is 13.8. The second-order valence-corrected chi connectivity index (χ2v) is 4.76. The lowest BCUT2D eigenvalue weighted by Gasteiger charge is -2.39. The van der Waals surface area contributed by atoms with E-state index < -0.39 is 5.97 Å². The van der Waals surface area contributed by atoms with Gasteiger partial charge in [-0.1, -0.05) is 18.2 Å². The van der Waals surface area contributed by atoms with Gasteiger partial charge in [-0.25, -0.2) is 0 Å². The van der Waals surface area contributed by atoms with Gasteiger partial charge in [-0.05, 0) is 19.1 Å². The summed E-state index contributed by atoms with van der Waals surface area (Å²) >= 11 is 0. The molecule has 1 amide bonds. The molecular formula is C14H18N2O3. The number of aliphatic carboxylic acids is 1. The Labute approximate surface area is 112 Å². The highest BCUT2D eigenvalue weighted by atomic mass is 16.4. The maximum absolute atomic E-state index is 12.4. The number of piperazine rings is 1. The van der Waals surface area contributed by atoms with Crippen LogP contribution in [0.5, 0.6) is 0 Å². The molecule has 102 valence electrons. The number of nitrogens with zero attached hydrogens (tertiary/aromatic N) is 1. The second-order valence-electron chi connectivity index (χ2n) is 4.76. The summed E-state index contributed by atoms with van der Waals surface area (Å²) < 4.78 is 0. The summed E-state index contributed by atoms with van der Waals surface area (Å²) in [7, 11) is 0. The number of carboxylic acids is 1. The summed E-state index contributed by atoms with van der Waals surface area (Å²) in [5.74, 6) is -0.886. The molecule has 0 spiro atoms. The lowest BCUT2D eigenvalue weighted by Crippen LogP contribution is -2.58. The van der Waals surface area contributed by atoms with Crippen molar-refractivity contribution in [2.24, 2.45) is 0 Å². The number of rotatable bonds is 3. The zero-order valence-electron chi connectivity index (χ0n) is 10.9. The number of carbonyl (C=O) groups excluding carboxylic acids is 1. The highest BCUT2D eigenvalue weighted by Crippen LogP contribution is 2.15. The highest BCUT2D eigenvalue weighted by molar-refractivity contribution is 5.94. The molecule has 0 aliphatic carbocycles. The van der Waals surface area contributed by atoms with E-state index in [2.05, 4.69) is 5.32 Å². The van der Waals surface area contributed by atoms with Crippen LogP contribution in [0, 0.1) is 0 Å². The molecule has 1 aliphatic heterocycles. The van der Waals surface area contributed by atoms with E-state index in [0.29, 0.717) is 18.7 Å². The first-order valence-electron chi connectivity index (χ1n) is 6.41. The van der Waals surface area contributed by atoms with E-state index in [9.17, 15) is 9.59 Å². The lowest BCUT2D eigenvalue weighted by molar-refractivity contribution is -0.138. The van der Waals surface area contributed by atoms with Crippen LogP contribution in [0.3, 0.4) is 0 Å². The molecule has 5 nitrogen and oxygen atoms in total. The first-order valence-corrected chi connectivity index (χ1v) is 6.41. The molecule has 2 atom stereocenters. The summed E-state index contributed by atoms with van der Waals surface area (Å²) in [4.78, 5) is 25.0. The van der Waals surface area contributed by atoms with Gasteiger partial charge in [-0.15, -0.1) is 0 Å². The van der Waals surface area contributed by atoms with Crippen LogP contribution in [0.4, 0.5) is 0 Å². The van der Waals surface area contributed by atoms with Crippen LogP contribution in [-0.4, -0.2) is 47.1 Å². The van der Waals surface area contributed by atoms with Crippen molar-refractivity contribution in [2.75, 3.05) is 13.1 Å². The Morgan fingerprint density at radius 2 is 2.05 bits per heavy atom. The molecule has 0 radical (unpaired) electrons. The van der Waals surface area contributed by atoms with Crippen molar-refractivity contribution in [1.29, 1.82) is 0 Å². The third-order valence-corrected chi connectivity index (χ3v) is 3.51. The van der Waals surface area contributed by atoms with Gasteiger partial charge in [0.15, 0.2) is 0 Å². The predicted molar refractivity (Wildman–Crippen MR) is 71.0 cm³/mol. The highest BCUT2D eigenvalue weighted by Gasteiger charge is 2.32. The monoisotopic (exact) mass is 262 g/mol. The second kappa shape index (κ2) is 5.84. The van der Waals surface area contributed by atoms with Gasteiger partial charge in [0.05, 0.1) is 6.42 Å². The van der Waals surface area contributed by atoms with Crippen LogP contribution in [-0.2, 0) is 4.79 Å². The number of amides is 1. The standard InChI is InChI=1S/C14H18N2O3/c1-10-12(9-13(17)18)15-7-8-16(10)14(19)11-5-3-2-4-6-11/h2-6,10,12,15H,7-9H2,1H3,(H,17,18)/t10-,12+/m0/s1. The van der Waals surface area contributed by atoms with Crippen molar-refractivity contribution >= 4 is 11.9 Å². The SMILES string of the molecule is C[C@H]1[C@@H](CC(=O)O)NCCN1C(=O)c1ccccc1. The quantitative estimate of drug-likeness (QED) is 0.851. The van der Waals surface area contributed by atoms with Crippen molar-refractivity contribution in [1.82, 2.24) is 10.2 Å². The number of carboxylic acid groups (broad SMARTS) is 1. The van der Waals surface area contributed by atoms with Crippen LogP contribution in [0.1, 0.15) is 23.7 Å². The number of carbonyl (C=O) groups is 2. The fourth-order valence-electron chi connectivity index (χ4n) is 2.43. The first kappa shape index (κ1) is 13.5. The molecule has 19 heavy (non-hydrogen) atoms. The van der Waals surface area contributed by atoms with Gasteiger partial charge in [0.1, 0.15) is 0 Å². The molecule has 0 unspecified atom stereocenters. The minimum atomic E-state index is -0.849. The smallest absolute Gasteiger partial charge is 0.305 e. The Hall–Kier alpha value is -1.88. The number of hydrogen-bond acceptors (Lipinski definition) is 3. The van der Waals surface area contributed by atoms with E-state index in [1.165, 1.54) is 0 Å². The fourth-order valence-corrected chi connectivity index (χ4v) is 2.43. The Morgan fingerprint density at radius 3 is 2.68 bits per heavy atom. The van der Waals surface area contributed by atoms with Gasteiger partial charge in [0.25, 0.3) is 5.91 Å². The Morgan fingerprint density at radius 1 is 1.37 bits per heavy atom. The van der Waals surface area contributed by atoms with Gasteiger partial charge in [-0.2, -0.15) is 0 Å². The van der Waals surface area contributed by atoms with Crippen molar-refractivity contribution in [3.63, 3.8) is 0 Å². The van der Waals surface area contributed by atoms with Crippen molar-refractivity contribution in [3.8, 4) is 0 Å². The van der Waals surface area contributed by atoms with Crippen molar-refractivity contribution < 1.29 is 14.7 Å². The van der Waals surface area contributed by atoms with E-state index in [4.69, 9.17) is 5.11 Å². The van der Waals surface area contributed by atoms with Gasteiger partial charge < -0.3 is 15.3 Å². The lowest BCUT2D eigenvalue weighted by atomic mass is 10.0. The number of benzene rings is 1. The molecule has 0 aromatic heterocycles. The van der Waals surface area contributed by atoms with Gasteiger partial charge in [-0.3, -0.25) is 9.59 Å². The van der Waals surface area contributed by atoms with Crippen LogP contribution < -0.4 is 5.32 Å². The molecule has 1 saturated heterocycles. The van der Waals surface area contributed by atoms with Crippen LogP contribution in [0.15, 0.2) is 30.3 Å². The molecule has 1 aromatic carbocycles. The van der Waals surface area contributed by atoms with E-state index in [0.717, 1.165) is 0 Å². The van der Waals surface area contributed by atoms with E-state index in [1.54, 1.807) is 17.0 Å². The fraction of sp³-hybridized carbons (Fsp3) is 0.429. The molecule has 1 fully saturated rings. The van der Waals surface area contributed by atoms with Gasteiger partial charge >= 0.3 is 5.97 Å². The maximum atomic E-state index is 12.4. The largest absolute Gasteiger partial charge is 0.481 e. The third kappa shape index (κ3) is 3.12.